The van der Waals surface area contributed by atoms with Gasteiger partial charge in [0.05, 0.1) is 11.3 Å². The monoisotopic (exact) mass is 361 g/mol. The fourth-order valence-electron chi connectivity index (χ4n) is 2.81. The van der Waals surface area contributed by atoms with Crippen molar-refractivity contribution in [3.05, 3.63) is 33.3 Å². The first-order valence-electron chi connectivity index (χ1n) is 8.51. The molecule has 0 spiro atoms. The topological polar surface area (TPSA) is 110 Å². The summed E-state index contributed by atoms with van der Waals surface area (Å²) in [7, 11) is 3.31. The fraction of sp³-hybridized carbons (Fsp3) is 0.500. The Morgan fingerprint density at radius 3 is 2.42 bits per heavy atom. The molecule has 0 unspecified atom stereocenters. The standard InChI is InChI=1S/C18H23N3O5/c1-11-10-12(17(25)16-13(22)6-4-7-14(16)23)18(26)21(19-11)9-5-8-15(24)20(2)3/h10,25H,4-9H2,1-3H3. The average molecular weight is 361 g/mol. The third kappa shape index (κ3) is 4.25. The first-order chi connectivity index (χ1) is 12.2. The third-order valence-electron chi connectivity index (χ3n) is 4.21. The van der Waals surface area contributed by atoms with Crippen LogP contribution in [0, 0.1) is 6.92 Å². The van der Waals surface area contributed by atoms with Crippen LogP contribution in [0.5, 0.6) is 0 Å². The number of aromatic nitrogens is 2. The van der Waals surface area contributed by atoms with Gasteiger partial charge in [0.2, 0.25) is 5.91 Å². The Kier molecular flexibility index (Phi) is 6.07. The Balaban J connectivity index is 2.34. The number of hydrogen-bond donors (Lipinski definition) is 1. The Hall–Kier alpha value is -2.77. The van der Waals surface area contributed by atoms with E-state index in [-0.39, 0.29) is 42.9 Å². The minimum absolute atomic E-state index is 0.0608. The first-order valence-corrected chi connectivity index (χ1v) is 8.51. The molecule has 0 aliphatic heterocycles. The van der Waals surface area contributed by atoms with Crippen molar-refractivity contribution in [2.45, 2.75) is 45.6 Å². The van der Waals surface area contributed by atoms with Gasteiger partial charge in [-0.05, 0) is 25.8 Å². The summed E-state index contributed by atoms with van der Waals surface area (Å²) < 4.78 is 1.15. The minimum atomic E-state index is -0.593. The molecule has 140 valence electrons. The molecular formula is C18H23N3O5. The van der Waals surface area contributed by atoms with Crippen LogP contribution in [-0.4, -0.2) is 51.4 Å². The summed E-state index contributed by atoms with van der Waals surface area (Å²) in [5.74, 6) is -1.53. The largest absolute Gasteiger partial charge is 0.506 e. The van der Waals surface area contributed by atoms with Gasteiger partial charge in [-0.15, -0.1) is 0 Å². The molecular weight excluding hydrogens is 338 g/mol. The van der Waals surface area contributed by atoms with Crippen LogP contribution in [-0.2, 0) is 20.9 Å². The fourth-order valence-corrected chi connectivity index (χ4v) is 2.81. The lowest BCUT2D eigenvalue weighted by Gasteiger charge is -2.15. The van der Waals surface area contributed by atoms with Crippen molar-refractivity contribution in [2.24, 2.45) is 0 Å². The van der Waals surface area contributed by atoms with Crippen LogP contribution in [0.2, 0.25) is 0 Å². The maximum atomic E-state index is 12.6. The summed E-state index contributed by atoms with van der Waals surface area (Å²) in [6.45, 7) is 1.84. The number of amides is 1. The molecule has 1 aromatic rings. The van der Waals surface area contributed by atoms with E-state index in [0.29, 0.717) is 18.5 Å². The highest BCUT2D eigenvalue weighted by molar-refractivity contribution is 6.25. The van der Waals surface area contributed by atoms with E-state index in [1.165, 1.54) is 11.0 Å². The van der Waals surface area contributed by atoms with Gasteiger partial charge in [0.1, 0.15) is 11.3 Å². The van der Waals surface area contributed by atoms with E-state index in [1.807, 2.05) is 0 Å². The van der Waals surface area contributed by atoms with Gasteiger partial charge in [0, 0.05) is 39.9 Å². The number of carbonyl (C=O) groups is 3. The molecule has 26 heavy (non-hydrogen) atoms. The smallest absolute Gasteiger partial charge is 0.277 e. The van der Waals surface area contributed by atoms with Crippen LogP contribution in [0.1, 0.15) is 43.4 Å². The Labute approximate surface area is 151 Å². The zero-order valence-electron chi connectivity index (χ0n) is 15.2. The lowest BCUT2D eigenvalue weighted by molar-refractivity contribution is -0.129. The number of aliphatic hydroxyl groups is 1. The lowest BCUT2D eigenvalue weighted by Crippen LogP contribution is -2.29. The van der Waals surface area contributed by atoms with E-state index >= 15 is 0 Å². The van der Waals surface area contributed by atoms with Crippen LogP contribution < -0.4 is 5.56 Å². The van der Waals surface area contributed by atoms with Crippen molar-refractivity contribution in [1.82, 2.24) is 14.7 Å². The third-order valence-corrected chi connectivity index (χ3v) is 4.21. The minimum Gasteiger partial charge on any atom is -0.506 e. The van der Waals surface area contributed by atoms with Crippen molar-refractivity contribution in [1.29, 1.82) is 0 Å². The maximum absolute atomic E-state index is 12.6. The van der Waals surface area contributed by atoms with Crippen molar-refractivity contribution in [3.8, 4) is 0 Å². The summed E-state index contributed by atoms with van der Waals surface area (Å²) in [4.78, 5) is 49.7. The number of nitrogens with zero attached hydrogens (tertiary/aromatic N) is 3. The second kappa shape index (κ2) is 8.07. The van der Waals surface area contributed by atoms with Crippen molar-refractivity contribution < 1.29 is 19.5 Å². The van der Waals surface area contributed by atoms with E-state index in [2.05, 4.69) is 5.10 Å². The Bertz CT molecular complexity index is 818. The van der Waals surface area contributed by atoms with Crippen LogP contribution in [0.3, 0.4) is 0 Å². The number of hydrogen-bond acceptors (Lipinski definition) is 6. The summed E-state index contributed by atoms with van der Waals surface area (Å²) in [6, 6.07) is 1.36. The highest BCUT2D eigenvalue weighted by Crippen LogP contribution is 2.23. The molecule has 1 aliphatic carbocycles. The first kappa shape index (κ1) is 19.6. The molecule has 0 atom stereocenters. The highest BCUT2D eigenvalue weighted by atomic mass is 16.3. The molecule has 1 heterocycles. The molecule has 1 saturated carbocycles. The second-order valence-electron chi connectivity index (χ2n) is 6.54. The van der Waals surface area contributed by atoms with Crippen molar-refractivity contribution in [2.75, 3.05) is 14.1 Å². The lowest BCUT2D eigenvalue weighted by atomic mass is 9.90. The van der Waals surface area contributed by atoms with E-state index in [4.69, 9.17) is 0 Å². The molecule has 1 aliphatic rings. The van der Waals surface area contributed by atoms with Crippen molar-refractivity contribution >= 4 is 23.2 Å². The molecule has 0 aromatic carbocycles. The van der Waals surface area contributed by atoms with Gasteiger partial charge in [-0.2, -0.15) is 5.10 Å². The molecule has 1 fully saturated rings. The molecule has 1 aromatic heterocycles. The number of aliphatic hydroxyl groups excluding tert-OH is 1. The number of allylic oxidation sites excluding steroid dienone is 1. The predicted octanol–water partition coefficient (Wildman–Crippen LogP) is 1.01. The van der Waals surface area contributed by atoms with Crippen LogP contribution in [0.15, 0.2) is 16.4 Å². The van der Waals surface area contributed by atoms with Gasteiger partial charge in [0.15, 0.2) is 11.6 Å². The molecule has 0 radical (unpaired) electrons. The zero-order valence-corrected chi connectivity index (χ0v) is 15.2. The number of aryl methyl sites for hydroxylation is 2. The molecule has 1 amide bonds. The van der Waals surface area contributed by atoms with Gasteiger partial charge < -0.3 is 10.0 Å². The van der Waals surface area contributed by atoms with Gasteiger partial charge in [-0.3, -0.25) is 19.2 Å². The molecule has 1 N–H and O–H groups in total. The number of carbonyl (C=O) groups excluding carboxylic acids is 3. The number of rotatable bonds is 5. The van der Waals surface area contributed by atoms with Gasteiger partial charge in [0.25, 0.3) is 5.56 Å². The molecule has 0 bridgehead atoms. The van der Waals surface area contributed by atoms with Crippen LogP contribution >= 0.6 is 0 Å². The van der Waals surface area contributed by atoms with Crippen LogP contribution in [0.25, 0.3) is 5.76 Å². The maximum Gasteiger partial charge on any atom is 0.277 e. The van der Waals surface area contributed by atoms with E-state index < -0.39 is 22.9 Å². The Morgan fingerprint density at radius 2 is 1.85 bits per heavy atom. The molecule has 2 rings (SSSR count). The predicted molar refractivity (Wildman–Crippen MR) is 94.6 cm³/mol. The molecule has 0 saturated heterocycles. The van der Waals surface area contributed by atoms with E-state index in [9.17, 15) is 24.3 Å². The highest BCUT2D eigenvalue weighted by Gasteiger charge is 2.29. The van der Waals surface area contributed by atoms with Gasteiger partial charge >= 0.3 is 0 Å². The number of Topliss-reactive ketones (excluding diaryl/α,β-unsaturated/α-hetero) is 2. The number of ketones is 2. The summed E-state index contributed by atoms with van der Waals surface area (Å²) in [5, 5.41) is 14.6. The quantitative estimate of drug-likeness (QED) is 0.476. The molecule has 8 heteroatoms. The van der Waals surface area contributed by atoms with E-state index in [0.717, 1.165) is 4.68 Å². The second-order valence-corrected chi connectivity index (χ2v) is 6.54. The van der Waals surface area contributed by atoms with Gasteiger partial charge in [-0.1, -0.05) is 0 Å². The average Bonchev–Trinajstić information content (AvgIpc) is 2.57. The van der Waals surface area contributed by atoms with E-state index in [1.54, 1.807) is 21.0 Å². The SMILES string of the molecule is Cc1cc(C(O)=C2C(=O)CCCC2=O)c(=O)n(CCCC(=O)N(C)C)n1. The summed E-state index contributed by atoms with van der Waals surface area (Å²) in [5.41, 5.74) is -0.547. The summed E-state index contributed by atoms with van der Waals surface area (Å²) >= 11 is 0. The zero-order chi connectivity index (χ0) is 19.4. The normalized spacial score (nSPS) is 14.5. The van der Waals surface area contributed by atoms with Crippen molar-refractivity contribution in [3.63, 3.8) is 0 Å². The Morgan fingerprint density at radius 1 is 1.23 bits per heavy atom. The van der Waals surface area contributed by atoms with Gasteiger partial charge in [-0.25, -0.2) is 4.68 Å². The summed E-state index contributed by atoms with van der Waals surface area (Å²) in [6.07, 6.45) is 1.47. The molecule has 8 nitrogen and oxygen atoms in total. The van der Waals surface area contributed by atoms with Crippen LogP contribution in [0.4, 0.5) is 0 Å².